The largest absolute Gasteiger partial charge is 0.382 e. The van der Waals surface area contributed by atoms with Crippen molar-refractivity contribution in [2.24, 2.45) is 5.41 Å². The highest BCUT2D eigenvalue weighted by Gasteiger charge is 2.44. The Hall–Kier alpha value is -3.69. The second kappa shape index (κ2) is 11.3. The summed E-state index contributed by atoms with van der Waals surface area (Å²) in [4.78, 5) is 6.16. The molecule has 1 atom stereocenters. The van der Waals surface area contributed by atoms with Crippen LogP contribution in [0, 0.1) is 22.9 Å². The molecule has 0 amide bonds. The Morgan fingerprint density at radius 2 is 1.56 bits per heavy atom. The smallest absolute Gasteiger partial charge is 0.137 e. The van der Waals surface area contributed by atoms with Crippen molar-refractivity contribution in [2.45, 2.75) is 50.3 Å². The maximum atomic E-state index is 14.9. The monoisotopic (exact) mass is 561 g/mol. The van der Waals surface area contributed by atoms with Crippen molar-refractivity contribution >= 4 is 5.69 Å². The van der Waals surface area contributed by atoms with Gasteiger partial charge in [-0.05, 0) is 85.5 Å². The number of rotatable bonds is 8. The third kappa shape index (κ3) is 6.16. The van der Waals surface area contributed by atoms with E-state index in [2.05, 4.69) is 44.6 Å². The topological polar surface area (TPSA) is 66.2 Å². The third-order valence-electron chi connectivity index (χ3n) is 8.80. The summed E-state index contributed by atoms with van der Waals surface area (Å²) >= 11 is 0. The zero-order valence-electron chi connectivity index (χ0n) is 22.8. The molecule has 1 saturated carbocycles. The van der Waals surface area contributed by atoms with Gasteiger partial charge in [0.2, 0.25) is 0 Å². The van der Waals surface area contributed by atoms with Crippen molar-refractivity contribution in [1.82, 2.24) is 19.7 Å². The number of β-amino-alcohol motifs (C(OH)–C–C–N with tert-alkyl or cyclic N) is 1. The number of benzene rings is 3. The van der Waals surface area contributed by atoms with Gasteiger partial charge in [-0.1, -0.05) is 30.3 Å². The highest BCUT2D eigenvalue weighted by Crippen LogP contribution is 2.45. The molecule has 2 heterocycles. The van der Waals surface area contributed by atoms with Crippen LogP contribution in [0.25, 0.3) is 11.1 Å². The second-order valence-corrected chi connectivity index (χ2v) is 11.7. The molecule has 0 radical (unpaired) electrons. The highest BCUT2D eigenvalue weighted by atomic mass is 19.1. The molecule has 1 unspecified atom stereocenters. The highest BCUT2D eigenvalue weighted by molar-refractivity contribution is 5.66. The average molecular weight is 562 g/mol. The lowest BCUT2D eigenvalue weighted by Gasteiger charge is -2.39. The number of aliphatic hydroxyl groups is 1. The second-order valence-electron chi connectivity index (χ2n) is 11.7. The van der Waals surface area contributed by atoms with Gasteiger partial charge in [-0.25, -0.2) is 22.8 Å². The summed E-state index contributed by atoms with van der Waals surface area (Å²) in [5, 5.41) is 19.6. The Bertz CT molecular complexity index is 1450. The molecule has 6 nitrogen and oxygen atoms in total. The lowest BCUT2D eigenvalue weighted by molar-refractivity contribution is -0.0196. The van der Waals surface area contributed by atoms with Crippen LogP contribution < -0.4 is 5.32 Å². The van der Waals surface area contributed by atoms with Crippen LogP contribution in [-0.4, -0.2) is 50.4 Å². The lowest BCUT2D eigenvalue weighted by atomic mass is 9.72. The Morgan fingerprint density at radius 1 is 0.878 bits per heavy atom. The van der Waals surface area contributed by atoms with Crippen LogP contribution >= 0.6 is 0 Å². The minimum atomic E-state index is -1.59. The number of nitrogens with one attached hydrogen (secondary N) is 1. The van der Waals surface area contributed by atoms with Gasteiger partial charge in [0.25, 0.3) is 0 Å². The fourth-order valence-corrected chi connectivity index (χ4v) is 6.62. The zero-order valence-corrected chi connectivity index (χ0v) is 22.8. The molecule has 1 spiro atoms. The molecule has 214 valence electrons. The van der Waals surface area contributed by atoms with E-state index in [0.717, 1.165) is 68.1 Å². The molecule has 2 fully saturated rings. The van der Waals surface area contributed by atoms with Crippen LogP contribution in [0.15, 0.2) is 79.4 Å². The van der Waals surface area contributed by atoms with Crippen LogP contribution in [0.5, 0.6) is 0 Å². The average Bonchev–Trinajstić information content (AvgIpc) is 3.61. The van der Waals surface area contributed by atoms with Crippen molar-refractivity contribution in [3.05, 3.63) is 102 Å². The summed E-state index contributed by atoms with van der Waals surface area (Å²) in [6.07, 6.45) is 8.12. The molecule has 4 aromatic rings. The molecule has 1 aliphatic carbocycles. The maximum Gasteiger partial charge on any atom is 0.137 e. The number of nitrogens with zero attached hydrogens (tertiary/aromatic N) is 4. The predicted molar refractivity (Wildman–Crippen MR) is 151 cm³/mol. The number of aromatic nitrogens is 3. The number of hydrogen-bond donors (Lipinski definition) is 2. The summed E-state index contributed by atoms with van der Waals surface area (Å²) in [6.45, 7) is 1.88. The third-order valence-corrected chi connectivity index (χ3v) is 8.80. The summed E-state index contributed by atoms with van der Waals surface area (Å²) in [5.41, 5.74) is 1.75. The van der Waals surface area contributed by atoms with Gasteiger partial charge < -0.3 is 10.4 Å². The SMILES string of the molecule is OC(CN1CCC2(CCC(Nc3ccc(-c4ccc(F)cc4)cc3)CC2)C1)(Cn1cncn1)c1ccc(F)cc1F. The summed E-state index contributed by atoms with van der Waals surface area (Å²) in [6, 6.07) is 18.5. The molecule has 2 aliphatic rings. The van der Waals surface area contributed by atoms with E-state index >= 15 is 0 Å². The van der Waals surface area contributed by atoms with E-state index in [-0.39, 0.29) is 29.9 Å². The first-order chi connectivity index (χ1) is 19.8. The van der Waals surface area contributed by atoms with Crippen molar-refractivity contribution in [3.63, 3.8) is 0 Å². The van der Waals surface area contributed by atoms with Gasteiger partial charge in [-0.2, -0.15) is 5.10 Å². The lowest BCUT2D eigenvalue weighted by Crippen LogP contribution is -2.45. The van der Waals surface area contributed by atoms with Gasteiger partial charge >= 0.3 is 0 Å². The van der Waals surface area contributed by atoms with Crippen molar-refractivity contribution < 1.29 is 18.3 Å². The van der Waals surface area contributed by atoms with Gasteiger partial charge in [0.1, 0.15) is 35.7 Å². The fourth-order valence-electron chi connectivity index (χ4n) is 6.62. The summed E-state index contributed by atoms with van der Waals surface area (Å²) in [5.74, 6) is -1.68. The van der Waals surface area contributed by atoms with E-state index < -0.39 is 17.2 Å². The zero-order chi connectivity index (χ0) is 28.5. The standard InChI is InChI=1S/C32H34F3N5O/c33-25-5-1-23(2-6-25)24-3-8-27(9-4-24)38-28-11-13-31(14-12-28)15-16-39(18-31)19-32(41,20-40-22-36-21-37-40)29-10-7-26(34)17-30(29)35/h1-10,17,21-22,28,38,41H,11-16,18-20H2. The normalized spacial score (nSPS) is 22.6. The summed E-state index contributed by atoms with van der Waals surface area (Å²) in [7, 11) is 0. The van der Waals surface area contributed by atoms with Gasteiger partial charge in [0.05, 0.1) is 6.54 Å². The quantitative estimate of drug-likeness (QED) is 0.276. The minimum Gasteiger partial charge on any atom is -0.382 e. The van der Waals surface area contributed by atoms with E-state index in [1.54, 1.807) is 12.1 Å². The van der Waals surface area contributed by atoms with E-state index in [9.17, 15) is 18.3 Å². The predicted octanol–water partition coefficient (Wildman–Crippen LogP) is 6.00. The van der Waals surface area contributed by atoms with Crippen LogP contribution in [0.3, 0.4) is 0 Å². The van der Waals surface area contributed by atoms with E-state index in [4.69, 9.17) is 0 Å². The van der Waals surface area contributed by atoms with E-state index in [0.29, 0.717) is 6.04 Å². The van der Waals surface area contributed by atoms with Crippen molar-refractivity contribution in [1.29, 1.82) is 0 Å². The Morgan fingerprint density at radius 3 is 2.22 bits per heavy atom. The molecule has 1 saturated heterocycles. The molecule has 2 N–H and O–H groups in total. The first kappa shape index (κ1) is 27.5. The number of halogens is 3. The Labute approximate surface area is 237 Å². The first-order valence-electron chi connectivity index (χ1n) is 14.1. The van der Waals surface area contributed by atoms with Crippen LogP contribution in [-0.2, 0) is 12.1 Å². The number of hydrogen-bond acceptors (Lipinski definition) is 5. The van der Waals surface area contributed by atoms with Gasteiger partial charge in [-0.3, -0.25) is 4.90 Å². The van der Waals surface area contributed by atoms with Gasteiger partial charge in [0, 0.05) is 36.4 Å². The maximum absolute atomic E-state index is 14.9. The fraction of sp³-hybridized carbons (Fsp3) is 0.375. The van der Waals surface area contributed by atoms with Gasteiger partial charge in [0.15, 0.2) is 0 Å². The van der Waals surface area contributed by atoms with Crippen LogP contribution in [0.2, 0.25) is 0 Å². The minimum absolute atomic E-state index is 0.0188. The Balaban J connectivity index is 1.07. The van der Waals surface area contributed by atoms with E-state index in [1.807, 2.05) is 0 Å². The molecular weight excluding hydrogens is 527 g/mol. The molecule has 3 aromatic carbocycles. The molecule has 1 aromatic heterocycles. The number of anilines is 1. The van der Waals surface area contributed by atoms with Crippen LogP contribution in [0.1, 0.15) is 37.7 Å². The molecule has 6 rings (SSSR count). The molecule has 1 aliphatic heterocycles. The molecular formula is C32H34F3N5O. The van der Waals surface area contributed by atoms with Crippen molar-refractivity contribution in [2.75, 3.05) is 25.0 Å². The van der Waals surface area contributed by atoms with Crippen LogP contribution in [0.4, 0.5) is 18.9 Å². The van der Waals surface area contributed by atoms with E-state index in [1.165, 1.54) is 41.6 Å². The molecule has 9 heteroatoms. The first-order valence-corrected chi connectivity index (χ1v) is 14.1. The summed E-state index contributed by atoms with van der Waals surface area (Å²) < 4.78 is 43.2. The number of likely N-dealkylation sites (tertiary alicyclic amines) is 1. The van der Waals surface area contributed by atoms with Crippen molar-refractivity contribution in [3.8, 4) is 11.1 Å². The Kier molecular flexibility index (Phi) is 7.57. The van der Waals surface area contributed by atoms with Gasteiger partial charge in [-0.15, -0.1) is 0 Å². The molecule has 41 heavy (non-hydrogen) atoms. The molecule has 0 bridgehead atoms.